The molecule has 0 bridgehead atoms. The van der Waals surface area contributed by atoms with E-state index in [1.54, 1.807) is 0 Å². The lowest BCUT2D eigenvalue weighted by Gasteiger charge is -2.33. The number of piperidine rings is 1. The van der Waals surface area contributed by atoms with E-state index in [1.807, 2.05) is 43.0 Å². The molecular formula is C15H23N3O. The summed E-state index contributed by atoms with van der Waals surface area (Å²) in [5.74, 6) is 0.545. The fourth-order valence-electron chi connectivity index (χ4n) is 2.47. The summed E-state index contributed by atoms with van der Waals surface area (Å²) in [5, 5.41) is 2.94. The average molecular weight is 261 g/mol. The van der Waals surface area contributed by atoms with Crippen LogP contribution in [0.25, 0.3) is 0 Å². The van der Waals surface area contributed by atoms with Crippen molar-refractivity contribution < 1.29 is 4.79 Å². The highest BCUT2D eigenvalue weighted by Crippen LogP contribution is 2.20. The number of urea groups is 1. The molecule has 0 aliphatic carbocycles. The number of amides is 2. The number of carbonyl (C=O) groups is 1. The van der Waals surface area contributed by atoms with Gasteiger partial charge in [-0.15, -0.1) is 0 Å². The Hall–Kier alpha value is -1.55. The molecule has 1 fully saturated rings. The summed E-state index contributed by atoms with van der Waals surface area (Å²) in [6, 6.07) is 8.08. The molecule has 2 rings (SSSR count). The van der Waals surface area contributed by atoms with Crippen LogP contribution < -0.4 is 11.1 Å². The predicted octanol–water partition coefficient (Wildman–Crippen LogP) is 2.59. The molecule has 2 amide bonds. The quantitative estimate of drug-likeness (QED) is 0.859. The molecule has 1 aromatic carbocycles. The fraction of sp³-hybridized carbons (Fsp3) is 0.533. The Morgan fingerprint density at radius 3 is 2.42 bits per heavy atom. The van der Waals surface area contributed by atoms with E-state index in [1.165, 1.54) is 5.56 Å². The number of likely N-dealkylation sites (tertiary alicyclic amines) is 1. The summed E-state index contributed by atoms with van der Waals surface area (Å²) in [7, 11) is 0. The van der Waals surface area contributed by atoms with Gasteiger partial charge in [0, 0.05) is 24.8 Å². The van der Waals surface area contributed by atoms with Gasteiger partial charge in [0.2, 0.25) is 0 Å². The summed E-state index contributed by atoms with van der Waals surface area (Å²) in [6.45, 7) is 5.67. The summed E-state index contributed by atoms with van der Waals surface area (Å²) in [4.78, 5) is 14.0. The van der Waals surface area contributed by atoms with Gasteiger partial charge in [-0.2, -0.15) is 0 Å². The number of hydrogen-bond acceptors (Lipinski definition) is 2. The standard InChI is InChI=1S/C15H23N3O/c1-11-3-5-14(6-4-11)17-15(19)18-9-7-13(8-10-18)12(2)16/h3-6,12-13H,7-10,16H2,1-2H3,(H,17,19). The third-order valence-electron chi connectivity index (χ3n) is 3.87. The van der Waals surface area contributed by atoms with E-state index in [-0.39, 0.29) is 12.1 Å². The number of aryl methyl sites for hydroxylation is 1. The molecule has 1 aliphatic rings. The summed E-state index contributed by atoms with van der Waals surface area (Å²) in [5.41, 5.74) is 7.95. The molecule has 4 heteroatoms. The summed E-state index contributed by atoms with van der Waals surface area (Å²) in [6.07, 6.45) is 2.00. The molecule has 19 heavy (non-hydrogen) atoms. The largest absolute Gasteiger partial charge is 0.328 e. The van der Waals surface area contributed by atoms with Crippen LogP contribution in [-0.2, 0) is 0 Å². The van der Waals surface area contributed by atoms with E-state index >= 15 is 0 Å². The first kappa shape index (κ1) is 13.9. The zero-order valence-corrected chi connectivity index (χ0v) is 11.7. The van der Waals surface area contributed by atoms with Crippen molar-refractivity contribution in [2.75, 3.05) is 18.4 Å². The number of rotatable bonds is 2. The topological polar surface area (TPSA) is 58.4 Å². The summed E-state index contributed by atoms with van der Waals surface area (Å²) >= 11 is 0. The molecule has 0 aromatic heterocycles. The van der Waals surface area contributed by atoms with Gasteiger partial charge in [-0.25, -0.2) is 4.79 Å². The Morgan fingerprint density at radius 2 is 1.89 bits per heavy atom. The molecule has 104 valence electrons. The van der Waals surface area contributed by atoms with Gasteiger partial charge in [-0.3, -0.25) is 0 Å². The number of hydrogen-bond donors (Lipinski definition) is 2. The SMILES string of the molecule is Cc1ccc(NC(=O)N2CCC(C(C)N)CC2)cc1. The number of nitrogens with one attached hydrogen (secondary N) is 1. The molecule has 1 unspecified atom stereocenters. The minimum atomic E-state index is -0.00743. The zero-order chi connectivity index (χ0) is 13.8. The van der Waals surface area contributed by atoms with Gasteiger partial charge in [0.25, 0.3) is 0 Å². The lowest BCUT2D eigenvalue weighted by atomic mass is 9.91. The van der Waals surface area contributed by atoms with Crippen molar-refractivity contribution in [1.82, 2.24) is 4.90 Å². The molecule has 1 aromatic rings. The van der Waals surface area contributed by atoms with Crippen molar-refractivity contribution in [2.24, 2.45) is 11.7 Å². The Bertz CT molecular complexity index is 420. The van der Waals surface area contributed by atoms with Gasteiger partial charge in [0.05, 0.1) is 0 Å². The Labute approximate surface area is 115 Å². The number of nitrogens with zero attached hydrogens (tertiary/aromatic N) is 1. The number of benzene rings is 1. The molecule has 1 atom stereocenters. The van der Waals surface area contributed by atoms with Crippen molar-refractivity contribution >= 4 is 11.7 Å². The maximum Gasteiger partial charge on any atom is 0.321 e. The van der Waals surface area contributed by atoms with E-state index < -0.39 is 0 Å². The van der Waals surface area contributed by atoms with Crippen LogP contribution in [0.15, 0.2) is 24.3 Å². The second-order valence-corrected chi connectivity index (χ2v) is 5.48. The lowest BCUT2D eigenvalue weighted by Crippen LogP contribution is -2.44. The van der Waals surface area contributed by atoms with Crippen LogP contribution in [0.5, 0.6) is 0 Å². The van der Waals surface area contributed by atoms with E-state index in [4.69, 9.17) is 5.73 Å². The number of carbonyl (C=O) groups excluding carboxylic acids is 1. The van der Waals surface area contributed by atoms with E-state index in [9.17, 15) is 4.79 Å². The van der Waals surface area contributed by atoms with Gasteiger partial charge in [0.1, 0.15) is 0 Å². The highest BCUT2D eigenvalue weighted by Gasteiger charge is 2.24. The number of nitrogens with two attached hydrogens (primary N) is 1. The highest BCUT2D eigenvalue weighted by molar-refractivity contribution is 5.89. The molecule has 4 nitrogen and oxygen atoms in total. The second-order valence-electron chi connectivity index (χ2n) is 5.48. The van der Waals surface area contributed by atoms with E-state index in [0.29, 0.717) is 5.92 Å². The van der Waals surface area contributed by atoms with Crippen LogP contribution in [0.4, 0.5) is 10.5 Å². The van der Waals surface area contributed by atoms with Crippen molar-refractivity contribution in [3.05, 3.63) is 29.8 Å². The third kappa shape index (κ3) is 3.70. The van der Waals surface area contributed by atoms with Crippen molar-refractivity contribution in [2.45, 2.75) is 32.7 Å². The molecule has 0 saturated carbocycles. The maximum absolute atomic E-state index is 12.1. The smallest absolute Gasteiger partial charge is 0.321 e. The first-order valence-electron chi connectivity index (χ1n) is 6.94. The van der Waals surface area contributed by atoms with Crippen LogP contribution >= 0.6 is 0 Å². The molecule has 0 radical (unpaired) electrons. The molecule has 3 N–H and O–H groups in total. The summed E-state index contributed by atoms with van der Waals surface area (Å²) < 4.78 is 0. The van der Waals surface area contributed by atoms with Gasteiger partial charge in [-0.1, -0.05) is 17.7 Å². The average Bonchev–Trinajstić information content (AvgIpc) is 2.41. The molecule has 1 aliphatic heterocycles. The fourth-order valence-corrected chi connectivity index (χ4v) is 2.47. The monoisotopic (exact) mass is 261 g/mol. The predicted molar refractivity (Wildman–Crippen MR) is 78.1 cm³/mol. The molecule has 1 heterocycles. The third-order valence-corrected chi connectivity index (χ3v) is 3.87. The van der Waals surface area contributed by atoms with Gasteiger partial charge >= 0.3 is 6.03 Å². The molecule has 0 spiro atoms. The van der Waals surface area contributed by atoms with Crippen molar-refractivity contribution in [3.63, 3.8) is 0 Å². The number of anilines is 1. The first-order valence-corrected chi connectivity index (χ1v) is 6.94. The van der Waals surface area contributed by atoms with Gasteiger partial charge in [-0.05, 0) is 44.7 Å². The van der Waals surface area contributed by atoms with Crippen LogP contribution in [-0.4, -0.2) is 30.1 Å². The zero-order valence-electron chi connectivity index (χ0n) is 11.7. The second kappa shape index (κ2) is 6.06. The van der Waals surface area contributed by atoms with Crippen molar-refractivity contribution in [3.8, 4) is 0 Å². The van der Waals surface area contributed by atoms with Gasteiger partial charge < -0.3 is 16.0 Å². The van der Waals surface area contributed by atoms with Crippen LogP contribution in [0, 0.1) is 12.8 Å². The first-order chi connectivity index (χ1) is 9.06. The Morgan fingerprint density at radius 1 is 1.32 bits per heavy atom. The van der Waals surface area contributed by atoms with Gasteiger partial charge in [0.15, 0.2) is 0 Å². The van der Waals surface area contributed by atoms with Crippen LogP contribution in [0.1, 0.15) is 25.3 Å². The normalized spacial score (nSPS) is 18.2. The lowest BCUT2D eigenvalue weighted by molar-refractivity contribution is 0.176. The Kier molecular flexibility index (Phi) is 4.43. The maximum atomic E-state index is 12.1. The molecule has 1 saturated heterocycles. The Balaban J connectivity index is 1.86. The van der Waals surface area contributed by atoms with Crippen molar-refractivity contribution in [1.29, 1.82) is 0 Å². The highest BCUT2D eigenvalue weighted by atomic mass is 16.2. The minimum absolute atomic E-state index is 0.00743. The van der Waals surface area contributed by atoms with E-state index in [0.717, 1.165) is 31.6 Å². The molecular weight excluding hydrogens is 238 g/mol. The van der Waals surface area contributed by atoms with E-state index in [2.05, 4.69) is 5.32 Å². The van der Waals surface area contributed by atoms with Crippen LogP contribution in [0.2, 0.25) is 0 Å². The van der Waals surface area contributed by atoms with Crippen LogP contribution in [0.3, 0.4) is 0 Å². The minimum Gasteiger partial charge on any atom is -0.328 e.